The van der Waals surface area contributed by atoms with Gasteiger partial charge in [-0.25, -0.2) is 0 Å². The summed E-state index contributed by atoms with van der Waals surface area (Å²) in [6.45, 7) is 3.40. The van der Waals surface area contributed by atoms with Crippen LogP contribution in [0.2, 0.25) is 0 Å². The van der Waals surface area contributed by atoms with Crippen LogP contribution in [0.5, 0.6) is 0 Å². The fourth-order valence-corrected chi connectivity index (χ4v) is 1.93. The Kier molecular flexibility index (Phi) is 3.42. The number of nitrogens with zero attached hydrogens (tertiary/aromatic N) is 2. The van der Waals surface area contributed by atoms with Crippen molar-refractivity contribution < 1.29 is 19.2 Å². The molecular weight excluding hydrogens is 224 g/mol. The summed E-state index contributed by atoms with van der Waals surface area (Å²) in [6, 6.07) is 0. The minimum absolute atomic E-state index is 0.00878. The van der Waals surface area contributed by atoms with E-state index >= 15 is 0 Å². The number of aliphatic carboxylic acids is 1. The van der Waals surface area contributed by atoms with E-state index in [-0.39, 0.29) is 18.3 Å². The van der Waals surface area contributed by atoms with E-state index in [1.165, 1.54) is 0 Å². The van der Waals surface area contributed by atoms with Crippen LogP contribution < -0.4 is 0 Å². The topological polar surface area (TPSA) is 85.5 Å². The zero-order valence-electron chi connectivity index (χ0n) is 9.81. The van der Waals surface area contributed by atoms with E-state index in [1.807, 2.05) is 6.92 Å². The van der Waals surface area contributed by atoms with Gasteiger partial charge in [-0.1, -0.05) is 12.1 Å². The number of carboxylic acids is 1. The van der Waals surface area contributed by atoms with Crippen LogP contribution in [-0.4, -0.2) is 34.4 Å². The van der Waals surface area contributed by atoms with Gasteiger partial charge in [-0.15, -0.1) is 0 Å². The van der Waals surface area contributed by atoms with E-state index in [4.69, 9.17) is 14.4 Å². The third-order valence-corrected chi connectivity index (χ3v) is 3.00. The molecule has 0 spiro atoms. The Morgan fingerprint density at radius 1 is 1.59 bits per heavy atom. The van der Waals surface area contributed by atoms with Crippen LogP contribution in [0.1, 0.15) is 37.9 Å². The number of carboxylic acid groups (broad SMARTS) is 1. The molecule has 1 aliphatic heterocycles. The first-order valence-electron chi connectivity index (χ1n) is 5.73. The smallest absolute Gasteiger partial charge is 0.303 e. The Morgan fingerprint density at radius 3 is 3.06 bits per heavy atom. The molecule has 6 nitrogen and oxygen atoms in total. The quantitative estimate of drug-likeness (QED) is 0.849. The summed E-state index contributed by atoms with van der Waals surface area (Å²) in [7, 11) is 0. The lowest BCUT2D eigenvalue weighted by atomic mass is 9.84. The van der Waals surface area contributed by atoms with E-state index in [2.05, 4.69) is 10.1 Å². The second kappa shape index (κ2) is 4.83. The molecule has 1 aromatic heterocycles. The molecule has 17 heavy (non-hydrogen) atoms. The lowest BCUT2D eigenvalue weighted by molar-refractivity contribution is -0.137. The lowest BCUT2D eigenvalue weighted by Crippen LogP contribution is -2.34. The minimum Gasteiger partial charge on any atom is -0.481 e. The van der Waals surface area contributed by atoms with Crippen molar-refractivity contribution in [1.82, 2.24) is 10.1 Å². The monoisotopic (exact) mass is 240 g/mol. The Labute approximate surface area is 99.0 Å². The predicted octanol–water partition coefficient (Wildman–Crippen LogP) is 1.15. The van der Waals surface area contributed by atoms with Gasteiger partial charge in [-0.3, -0.25) is 4.79 Å². The van der Waals surface area contributed by atoms with Crippen molar-refractivity contribution in [2.24, 2.45) is 0 Å². The number of aromatic nitrogens is 2. The Bertz CT molecular complexity index is 396. The summed E-state index contributed by atoms with van der Waals surface area (Å²) in [5, 5.41) is 12.5. The van der Waals surface area contributed by atoms with Crippen molar-refractivity contribution in [3.8, 4) is 0 Å². The van der Waals surface area contributed by atoms with Gasteiger partial charge in [0.1, 0.15) is 0 Å². The highest BCUT2D eigenvalue weighted by Crippen LogP contribution is 2.30. The molecule has 1 aromatic rings. The fraction of sp³-hybridized carbons (Fsp3) is 0.727. The largest absolute Gasteiger partial charge is 0.481 e. The van der Waals surface area contributed by atoms with Gasteiger partial charge in [-0.05, 0) is 12.8 Å². The van der Waals surface area contributed by atoms with Crippen LogP contribution in [0.4, 0.5) is 0 Å². The lowest BCUT2D eigenvalue weighted by Gasteiger charge is -2.29. The maximum absolute atomic E-state index is 10.4. The van der Waals surface area contributed by atoms with Gasteiger partial charge in [0, 0.05) is 13.0 Å². The van der Waals surface area contributed by atoms with Gasteiger partial charge in [0.05, 0.1) is 18.4 Å². The standard InChI is InChI=1S/C11H16N2O4/c1-11(5-2-6-16-7-11)10-12-8(17-13-10)3-4-9(14)15/h2-7H2,1H3,(H,14,15). The molecule has 1 fully saturated rings. The summed E-state index contributed by atoms with van der Waals surface area (Å²) in [6.07, 6.45) is 2.23. The van der Waals surface area contributed by atoms with E-state index in [1.54, 1.807) is 0 Å². The first kappa shape index (κ1) is 12.0. The molecule has 6 heteroatoms. The minimum atomic E-state index is -0.864. The Hall–Kier alpha value is -1.43. The predicted molar refractivity (Wildman–Crippen MR) is 57.7 cm³/mol. The van der Waals surface area contributed by atoms with Crippen LogP contribution in [0, 0.1) is 0 Å². The van der Waals surface area contributed by atoms with E-state index in [9.17, 15) is 4.79 Å². The zero-order valence-corrected chi connectivity index (χ0v) is 9.81. The number of hydrogen-bond acceptors (Lipinski definition) is 5. The molecule has 0 aliphatic carbocycles. The number of carbonyl (C=O) groups is 1. The first-order valence-corrected chi connectivity index (χ1v) is 5.73. The molecule has 1 atom stereocenters. The molecule has 0 aromatic carbocycles. The highest BCUT2D eigenvalue weighted by atomic mass is 16.5. The van der Waals surface area contributed by atoms with Crippen LogP contribution >= 0.6 is 0 Å². The summed E-state index contributed by atoms with van der Waals surface area (Å²) < 4.78 is 10.5. The van der Waals surface area contributed by atoms with E-state index in [0.717, 1.165) is 19.4 Å². The molecule has 2 heterocycles. The average molecular weight is 240 g/mol. The first-order chi connectivity index (χ1) is 8.10. The van der Waals surface area contributed by atoms with E-state index < -0.39 is 5.97 Å². The van der Waals surface area contributed by atoms with Gasteiger partial charge in [-0.2, -0.15) is 4.98 Å². The summed E-state index contributed by atoms with van der Waals surface area (Å²) >= 11 is 0. The highest BCUT2D eigenvalue weighted by Gasteiger charge is 2.34. The van der Waals surface area contributed by atoms with Gasteiger partial charge >= 0.3 is 5.97 Å². The number of rotatable bonds is 4. The molecule has 0 radical (unpaired) electrons. The fourth-order valence-electron chi connectivity index (χ4n) is 1.93. The Balaban J connectivity index is 2.03. The van der Waals surface area contributed by atoms with Gasteiger partial charge < -0.3 is 14.4 Å². The molecule has 1 unspecified atom stereocenters. The van der Waals surface area contributed by atoms with Crippen molar-refractivity contribution in [2.75, 3.05) is 13.2 Å². The molecule has 1 aliphatic rings. The second-order valence-corrected chi connectivity index (χ2v) is 4.62. The van der Waals surface area contributed by atoms with Crippen LogP contribution in [0.15, 0.2) is 4.52 Å². The molecular formula is C11H16N2O4. The van der Waals surface area contributed by atoms with Crippen LogP contribution in [0.3, 0.4) is 0 Å². The van der Waals surface area contributed by atoms with E-state index in [0.29, 0.717) is 18.3 Å². The molecule has 0 saturated carbocycles. The summed E-state index contributed by atoms with van der Waals surface area (Å²) in [5.74, 6) is 0.142. The average Bonchev–Trinajstić information content (AvgIpc) is 2.76. The SMILES string of the molecule is CC1(c2noc(CCC(=O)O)n2)CCCOC1. The maximum atomic E-state index is 10.4. The van der Waals surface area contributed by atoms with Crippen LogP contribution in [-0.2, 0) is 21.4 Å². The van der Waals surface area contributed by atoms with Gasteiger partial charge in [0.2, 0.25) is 5.89 Å². The molecule has 94 valence electrons. The third-order valence-electron chi connectivity index (χ3n) is 3.00. The second-order valence-electron chi connectivity index (χ2n) is 4.62. The molecule has 1 N–H and O–H groups in total. The molecule has 0 bridgehead atoms. The van der Waals surface area contributed by atoms with Gasteiger partial charge in [0.15, 0.2) is 5.82 Å². The molecule has 0 amide bonds. The zero-order chi connectivity index (χ0) is 12.3. The molecule has 2 rings (SSSR count). The third kappa shape index (κ3) is 2.82. The maximum Gasteiger partial charge on any atom is 0.303 e. The Morgan fingerprint density at radius 2 is 2.41 bits per heavy atom. The number of aryl methyl sites for hydroxylation is 1. The van der Waals surface area contributed by atoms with Crippen molar-refractivity contribution in [3.63, 3.8) is 0 Å². The van der Waals surface area contributed by atoms with Crippen molar-refractivity contribution >= 4 is 5.97 Å². The van der Waals surface area contributed by atoms with Crippen molar-refractivity contribution in [1.29, 1.82) is 0 Å². The van der Waals surface area contributed by atoms with Crippen LogP contribution in [0.25, 0.3) is 0 Å². The van der Waals surface area contributed by atoms with Crippen molar-refractivity contribution in [3.05, 3.63) is 11.7 Å². The number of hydrogen-bond donors (Lipinski definition) is 1. The molecule has 1 saturated heterocycles. The number of ether oxygens (including phenoxy) is 1. The van der Waals surface area contributed by atoms with Crippen molar-refractivity contribution in [2.45, 2.75) is 38.0 Å². The highest BCUT2D eigenvalue weighted by molar-refractivity contribution is 5.66. The van der Waals surface area contributed by atoms with Gasteiger partial charge in [0.25, 0.3) is 0 Å². The summed E-state index contributed by atoms with van der Waals surface area (Å²) in [5.41, 5.74) is -0.205. The normalized spacial score (nSPS) is 24.8. The summed E-state index contributed by atoms with van der Waals surface area (Å²) in [4.78, 5) is 14.7.